The lowest BCUT2D eigenvalue weighted by Crippen LogP contribution is -2.51. The van der Waals surface area contributed by atoms with Gasteiger partial charge in [0.1, 0.15) is 0 Å². The number of carbonyl (C=O) groups is 1. The van der Waals surface area contributed by atoms with Crippen LogP contribution in [0.15, 0.2) is 24.3 Å². The number of ketones is 1. The van der Waals surface area contributed by atoms with Crippen LogP contribution in [0.2, 0.25) is 0 Å². The van der Waals surface area contributed by atoms with Crippen molar-refractivity contribution in [3.63, 3.8) is 0 Å². The highest BCUT2D eigenvalue weighted by Gasteiger charge is 2.15. The van der Waals surface area contributed by atoms with Crippen molar-refractivity contribution in [1.29, 1.82) is 0 Å². The van der Waals surface area contributed by atoms with E-state index in [9.17, 15) is 4.79 Å². The van der Waals surface area contributed by atoms with Gasteiger partial charge in [-0.05, 0) is 38.2 Å². The maximum absolute atomic E-state index is 11.2. The molecule has 4 nitrogen and oxygen atoms in total. The van der Waals surface area contributed by atoms with E-state index in [1.807, 2.05) is 24.3 Å². The van der Waals surface area contributed by atoms with E-state index in [0.717, 1.165) is 37.4 Å². The maximum atomic E-state index is 11.2. The van der Waals surface area contributed by atoms with Crippen LogP contribution in [0.4, 0.5) is 5.69 Å². The molecule has 2 rings (SSSR count). The number of nitrogens with one attached hydrogen (secondary N) is 2. The van der Waals surface area contributed by atoms with Gasteiger partial charge in [0.2, 0.25) is 0 Å². The molecule has 0 aliphatic carbocycles. The number of nitrogens with zero attached hydrogens (tertiary/aromatic N) is 1. The highest BCUT2D eigenvalue weighted by molar-refractivity contribution is 5.94. The van der Waals surface area contributed by atoms with E-state index < -0.39 is 0 Å². The van der Waals surface area contributed by atoms with Gasteiger partial charge >= 0.3 is 0 Å². The molecule has 1 atom stereocenters. The summed E-state index contributed by atoms with van der Waals surface area (Å²) in [4.78, 5) is 13.5. The third kappa shape index (κ3) is 3.55. The zero-order chi connectivity index (χ0) is 13.0. The lowest BCUT2D eigenvalue weighted by Gasteiger charge is -2.31. The molecule has 1 fully saturated rings. The standard InChI is InChI=1S/C14H21N3O/c1-11(18)12-3-5-13(6-4-12)16-9-14-10-17(2)8-7-15-14/h3-6,14-16H,7-10H2,1-2H3. The quantitative estimate of drug-likeness (QED) is 0.785. The summed E-state index contributed by atoms with van der Waals surface area (Å²) in [6.07, 6.45) is 0. The fourth-order valence-electron chi connectivity index (χ4n) is 2.19. The van der Waals surface area contributed by atoms with Crippen molar-refractivity contribution in [3.05, 3.63) is 29.8 Å². The minimum absolute atomic E-state index is 0.108. The smallest absolute Gasteiger partial charge is 0.159 e. The summed E-state index contributed by atoms with van der Waals surface area (Å²) < 4.78 is 0. The van der Waals surface area contributed by atoms with Crippen LogP contribution < -0.4 is 10.6 Å². The summed E-state index contributed by atoms with van der Waals surface area (Å²) in [7, 11) is 2.15. The average Bonchev–Trinajstić information content (AvgIpc) is 2.37. The molecule has 0 spiro atoms. The summed E-state index contributed by atoms with van der Waals surface area (Å²) in [6.45, 7) is 5.72. The highest BCUT2D eigenvalue weighted by Crippen LogP contribution is 2.10. The lowest BCUT2D eigenvalue weighted by molar-refractivity contribution is 0.101. The third-order valence-electron chi connectivity index (χ3n) is 3.30. The van der Waals surface area contributed by atoms with E-state index in [4.69, 9.17) is 0 Å². The van der Waals surface area contributed by atoms with E-state index >= 15 is 0 Å². The molecule has 1 aliphatic heterocycles. The van der Waals surface area contributed by atoms with Crippen LogP contribution in [0.3, 0.4) is 0 Å². The van der Waals surface area contributed by atoms with Gasteiger partial charge in [-0.1, -0.05) is 0 Å². The van der Waals surface area contributed by atoms with E-state index in [-0.39, 0.29) is 5.78 Å². The van der Waals surface area contributed by atoms with E-state index in [0.29, 0.717) is 6.04 Å². The second-order valence-corrected chi connectivity index (χ2v) is 4.93. The van der Waals surface area contributed by atoms with Crippen molar-refractivity contribution in [2.45, 2.75) is 13.0 Å². The predicted molar refractivity (Wildman–Crippen MR) is 74.2 cm³/mol. The Labute approximate surface area is 108 Å². The van der Waals surface area contributed by atoms with Crippen molar-refractivity contribution in [1.82, 2.24) is 10.2 Å². The molecular formula is C14H21N3O. The van der Waals surface area contributed by atoms with Gasteiger partial charge in [-0.2, -0.15) is 0 Å². The van der Waals surface area contributed by atoms with Gasteiger partial charge in [0.25, 0.3) is 0 Å². The molecule has 0 saturated carbocycles. The summed E-state index contributed by atoms with van der Waals surface area (Å²) in [6, 6.07) is 8.14. The molecule has 1 aliphatic rings. The number of benzene rings is 1. The molecule has 0 radical (unpaired) electrons. The first-order valence-electron chi connectivity index (χ1n) is 6.42. The van der Waals surface area contributed by atoms with Crippen molar-refractivity contribution < 1.29 is 4.79 Å². The number of rotatable bonds is 4. The van der Waals surface area contributed by atoms with Gasteiger partial charge in [-0.25, -0.2) is 0 Å². The van der Waals surface area contributed by atoms with Crippen molar-refractivity contribution in [2.24, 2.45) is 0 Å². The average molecular weight is 247 g/mol. The fraction of sp³-hybridized carbons (Fsp3) is 0.500. The molecule has 0 bridgehead atoms. The maximum Gasteiger partial charge on any atom is 0.159 e. The summed E-state index contributed by atoms with van der Waals surface area (Å²) in [5.41, 5.74) is 1.83. The topological polar surface area (TPSA) is 44.4 Å². The van der Waals surface area contributed by atoms with E-state index in [1.165, 1.54) is 0 Å². The first-order chi connectivity index (χ1) is 8.65. The monoisotopic (exact) mass is 247 g/mol. The Bertz CT molecular complexity index is 402. The number of carbonyl (C=O) groups excluding carboxylic acids is 1. The van der Waals surface area contributed by atoms with Gasteiger partial charge in [0.05, 0.1) is 0 Å². The Morgan fingerprint density at radius 2 is 2.17 bits per heavy atom. The number of piperazine rings is 1. The number of likely N-dealkylation sites (N-methyl/N-ethyl adjacent to an activating group) is 1. The Morgan fingerprint density at radius 1 is 1.44 bits per heavy atom. The van der Waals surface area contributed by atoms with Crippen LogP contribution in [0.25, 0.3) is 0 Å². The number of hydrogen-bond donors (Lipinski definition) is 2. The Morgan fingerprint density at radius 3 is 2.78 bits per heavy atom. The molecule has 1 heterocycles. The third-order valence-corrected chi connectivity index (χ3v) is 3.30. The Kier molecular flexibility index (Phi) is 4.33. The lowest BCUT2D eigenvalue weighted by atomic mass is 10.1. The van der Waals surface area contributed by atoms with Crippen LogP contribution >= 0.6 is 0 Å². The molecule has 4 heteroatoms. The molecule has 0 amide bonds. The molecule has 98 valence electrons. The van der Waals surface area contributed by atoms with Gasteiger partial charge in [-0.3, -0.25) is 4.79 Å². The van der Waals surface area contributed by atoms with Crippen LogP contribution in [-0.4, -0.2) is 50.0 Å². The molecule has 2 N–H and O–H groups in total. The second-order valence-electron chi connectivity index (χ2n) is 4.93. The van der Waals surface area contributed by atoms with Crippen LogP contribution in [0, 0.1) is 0 Å². The zero-order valence-corrected chi connectivity index (χ0v) is 11.1. The van der Waals surface area contributed by atoms with Crippen molar-refractivity contribution in [2.75, 3.05) is 38.5 Å². The number of hydrogen-bond acceptors (Lipinski definition) is 4. The van der Waals surface area contributed by atoms with Crippen LogP contribution in [-0.2, 0) is 0 Å². The first-order valence-corrected chi connectivity index (χ1v) is 6.42. The molecule has 1 unspecified atom stereocenters. The number of Topliss-reactive ketones (excluding diaryl/α,β-unsaturated/α-hetero) is 1. The molecule has 1 saturated heterocycles. The molecule has 0 aromatic heterocycles. The minimum Gasteiger partial charge on any atom is -0.383 e. The minimum atomic E-state index is 0.108. The van der Waals surface area contributed by atoms with Crippen LogP contribution in [0.5, 0.6) is 0 Å². The largest absolute Gasteiger partial charge is 0.383 e. The van der Waals surface area contributed by atoms with Crippen molar-refractivity contribution >= 4 is 11.5 Å². The van der Waals surface area contributed by atoms with Crippen LogP contribution in [0.1, 0.15) is 17.3 Å². The Hall–Kier alpha value is -1.39. The van der Waals surface area contributed by atoms with Gasteiger partial charge < -0.3 is 15.5 Å². The molecule has 1 aromatic carbocycles. The van der Waals surface area contributed by atoms with Gasteiger partial charge in [0, 0.05) is 43.5 Å². The summed E-state index contributed by atoms with van der Waals surface area (Å²) in [5.74, 6) is 0.108. The second kappa shape index (κ2) is 5.98. The molecule has 1 aromatic rings. The zero-order valence-electron chi connectivity index (χ0n) is 11.1. The van der Waals surface area contributed by atoms with Gasteiger partial charge in [0.15, 0.2) is 5.78 Å². The first kappa shape index (κ1) is 13.1. The highest BCUT2D eigenvalue weighted by atomic mass is 16.1. The normalized spacial score (nSPS) is 20.7. The van der Waals surface area contributed by atoms with E-state index in [1.54, 1.807) is 6.92 Å². The fourth-order valence-corrected chi connectivity index (χ4v) is 2.19. The molecular weight excluding hydrogens is 226 g/mol. The SMILES string of the molecule is CC(=O)c1ccc(NCC2CN(C)CCN2)cc1. The summed E-state index contributed by atoms with van der Waals surface area (Å²) >= 11 is 0. The summed E-state index contributed by atoms with van der Waals surface area (Å²) in [5, 5.41) is 6.89. The van der Waals surface area contributed by atoms with E-state index in [2.05, 4.69) is 22.6 Å². The predicted octanol–water partition coefficient (Wildman–Crippen LogP) is 1.20. The molecule has 18 heavy (non-hydrogen) atoms. The Balaban J connectivity index is 1.84. The van der Waals surface area contributed by atoms with Gasteiger partial charge in [-0.15, -0.1) is 0 Å². The van der Waals surface area contributed by atoms with Crippen molar-refractivity contribution in [3.8, 4) is 0 Å². The number of anilines is 1.